The monoisotopic (exact) mass is 455 g/mol. The van der Waals surface area contributed by atoms with Crippen molar-refractivity contribution in [2.75, 3.05) is 11.9 Å². The van der Waals surface area contributed by atoms with Crippen LogP contribution in [0.25, 0.3) is 10.8 Å². The normalized spacial score (nSPS) is 17.8. The number of aromatic amines is 1. The van der Waals surface area contributed by atoms with E-state index in [-0.39, 0.29) is 18.0 Å². The first-order valence-corrected chi connectivity index (χ1v) is 11.4. The fourth-order valence-corrected chi connectivity index (χ4v) is 4.78. The van der Waals surface area contributed by atoms with Crippen LogP contribution < -0.4 is 10.6 Å². The van der Waals surface area contributed by atoms with Gasteiger partial charge in [0.2, 0.25) is 5.91 Å². The average molecular weight is 456 g/mol. The summed E-state index contributed by atoms with van der Waals surface area (Å²) in [6, 6.07) is 23.8. The smallest absolute Gasteiger partial charge is 0.226 e. The molecule has 2 aromatic heterocycles. The maximum absolute atomic E-state index is 12.9. The van der Waals surface area contributed by atoms with E-state index in [4.69, 9.17) is 12.2 Å². The zero-order chi connectivity index (χ0) is 22.8. The van der Waals surface area contributed by atoms with Gasteiger partial charge >= 0.3 is 0 Å². The number of nitrogens with zero attached hydrogens (tertiary/aromatic N) is 2. The largest absolute Gasteiger partial charge is 0.361 e. The van der Waals surface area contributed by atoms with Gasteiger partial charge in [-0.25, -0.2) is 0 Å². The molecule has 1 fully saturated rings. The average Bonchev–Trinajstić information content (AvgIpc) is 3.41. The van der Waals surface area contributed by atoms with E-state index in [1.54, 1.807) is 6.20 Å². The van der Waals surface area contributed by atoms with Crippen molar-refractivity contribution in [3.63, 3.8) is 0 Å². The highest BCUT2D eigenvalue weighted by molar-refractivity contribution is 7.80. The Morgan fingerprint density at radius 2 is 1.88 bits per heavy atom. The van der Waals surface area contributed by atoms with Crippen LogP contribution in [-0.4, -0.2) is 32.4 Å². The van der Waals surface area contributed by atoms with Crippen molar-refractivity contribution in [3.8, 4) is 0 Å². The number of carbonyl (C=O) groups excluding carboxylic acids is 1. The minimum Gasteiger partial charge on any atom is -0.361 e. The van der Waals surface area contributed by atoms with Gasteiger partial charge in [0.15, 0.2) is 5.11 Å². The maximum Gasteiger partial charge on any atom is 0.226 e. The van der Waals surface area contributed by atoms with Crippen molar-refractivity contribution in [3.05, 3.63) is 96.1 Å². The summed E-state index contributed by atoms with van der Waals surface area (Å²) in [6.45, 7) is 2.52. The summed E-state index contributed by atoms with van der Waals surface area (Å²) in [6.07, 6.45) is 2.10. The van der Waals surface area contributed by atoms with Crippen LogP contribution in [0.4, 0.5) is 5.69 Å². The van der Waals surface area contributed by atoms with Crippen LogP contribution in [0.2, 0.25) is 0 Å². The molecule has 1 amide bonds. The van der Waals surface area contributed by atoms with E-state index >= 15 is 0 Å². The van der Waals surface area contributed by atoms with Crippen LogP contribution in [0.5, 0.6) is 0 Å². The number of rotatable bonds is 6. The summed E-state index contributed by atoms with van der Waals surface area (Å²) < 4.78 is 0. The Bertz CT molecular complexity index is 1300. The second kappa shape index (κ2) is 9.03. The maximum atomic E-state index is 12.9. The number of anilines is 1. The van der Waals surface area contributed by atoms with Crippen LogP contribution in [0.1, 0.15) is 35.6 Å². The number of aryl methyl sites for hydroxylation is 1. The number of pyridine rings is 1. The van der Waals surface area contributed by atoms with Gasteiger partial charge in [-0.3, -0.25) is 9.78 Å². The highest BCUT2D eigenvalue weighted by atomic mass is 32.1. The SMILES string of the molecule is Cc1ccc(C2C(c3ccccn3)NC(=S)N2CCC(=O)Nc2cccc3ccccc23)[nH]1. The predicted molar refractivity (Wildman–Crippen MR) is 135 cm³/mol. The molecule has 0 aliphatic carbocycles. The van der Waals surface area contributed by atoms with Gasteiger partial charge < -0.3 is 20.5 Å². The Hall–Kier alpha value is -3.71. The summed E-state index contributed by atoms with van der Waals surface area (Å²) in [5, 5.41) is 9.25. The first-order valence-electron chi connectivity index (χ1n) is 11.0. The van der Waals surface area contributed by atoms with Gasteiger partial charge in [-0.05, 0) is 54.9 Å². The fourth-order valence-electron chi connectivity index (χ4n) is 4.45. The summed E-state index contributed by atoms with van der Waals surface area (Å²) in [7, 11) is 0. The summed E-state index contributed by atoms with van der Waals surface area (Å²) in [5.74, 6) is -0.0446. The molecular weight excluding hydrogens is 430 g/mol. The van der Waals surface area contributed by atoms with Gasteiger partial charge in [0.1, 0.15) is 0 Å². The van der Waals surface area contributed by atoms with Gasteiger partial charge in [-0.15, -0.1) is 0 Å². The van der Waals surface area contributed by atoms with E-state index < -0.39 is 0 Å². The van der Waals surface area contributed by atoms with Gasteiger partial charge in [0.25, 0.3) is 0 Å². The van der Waals surface area contributed by atoms with Crippen LogP contribution in [0, 0.1) is 6.92 Å². The van der Waals surface area contributed by atoms with Crippen molar-refractivity contribution < 1.29 is 4.79 Å². The third kappa shape index (κ3) is 4.32. The number of amides is 1. The van der Waals surface area contributed by atoms with Crippen molar-refractivity contribution in [2.24, 2.45) is 0 Å². The standard InChI is InChI=1S/C26H25N5OS/c1-17-12-13-22(28-17)25-24(21-10-4-5-15-27-21)30-26(33)31(25)16-14-23(32)29-20-11-6-8-18-7-2-3-9-19(18)20/h2-13,15,24-25,28H,14,16H2,1H3,(H,29,32)(H,30,33). The molecule has 2 unspecified atom stereocenters. The van der Waals surface area contributed by atoms with Gasteiger partial charge in [-0.1, -0.05) is 42.5 Å². The first kappa shape index (κ1) is 21.2. The fraction of sp³-hybridized carbons (Fsp3) is 0.192. The third-order valence-electron chi connectivity index (χ3n) is 6.01. The number of fused-ring (bicyclic) bond motifs is 1. The molecule has 33 heavy (non-hydrogen) atoms. The lowest BCUT2D eigenvalue weighted by atomic mass is 10.0. The van der Waals surface area contributed by atoms with Gasteiger partial charge in [0, 0.05) is 41.6 Å². The Morgan fingerprint density at radius 3 is 2.67 bits per heavy atom. The van der Waals surface area contributed by atoms with Crippen molar-refractivity contribution in [2.45, 2.75) is 25.4 Å². The lowest BCUT2D eigenvalue weighted by Crippen LogP contribution is -2.32. The highest BCUT2D eigenvalue weighted by Gasteiger charge is 2.40. The molecule has 166 valence electrons. The Kier molecular flexibility index (Phi) is 5.79. The van der Waals surface area contributed by atoms with Gasteiger partial charge in [0.05, 0.1) is 17.8 Å². The number of thiocarbonyl (C=S) groups is 1. The third-order valence-corrected chi connectivity index (χ3v) is 6.37. The summed E-state index contributed by atoms with van der Waals surface area (Å²) in [4.78, 5) is 23.0. The Morgan fingerprint density at radius 1 is 1.06 bits per heavy atom. The van der Waals surface area contributed by atoms with E-state index in [0.29, 0.717) is 18.1 Å². The van der Waals surface area contributed by atoms with E-state index in [1.807, 2.05) is 67.6 Å². The molecule has 1 aliphatic heterocycles. The highest BCUT2D eigenvalue weighted by Crippen LogP contribution is 2.38. The number of hydrogen-bond donors (Lipinski definition) is 3. The molecule has 5 rings (SSSR count). The van der Waals surface area contributed by atoms with Crippen LogP contribution in [-0.2, 0) is 4.79 Å². The number of H-pyrrole nitrogens is 1. The second-order valence-corrected chi connectivity index (χ2v) is 8.63. The molecule has 0 spiro atoms. The topological polar surface area (TPSA) is 73.1 Å². The lowest BCUT2D eigenvalue weighted by molar-refractivity contribution is -0.116. The van der Waals surface area contributed by atoms with E-state index in [9.17, 15) is 4.79 Å². The molecule has 1 saturated heterocycles. The summed E-state index contributed by atoms with van der Waals surface area (Å²) in [5.41, 5.74) is 3.86. The quantitative estimate of drug-likeness (QED) is 0.362. The number of hydrogen-bond acceptors (Lipinski definition) is 3. The molecule has 2 atom stereocenters. The zero-order valence-electron chi connectivity index (χ0n) is 18.3. The molecule has 0 bridgehead atoms. The second-order valence-electron chi connectivity index (χ2n) is 8.24. The number of benzene rings is 2. The lowest BCUT2D eigenvalue weighted by Gasteiger charge is -2.26. The zero-order valence-corrected chi connectivity index (χ0v) is 19.1. The molecule has 7 heteroatoms. The molecule has 0 saturated carbocycles. The van der Waals surface area contributed by atoms with Crippen molar-refractivity contribution in [1.82, 2.24) is 20.2 Å². The Labute approximate surface area is 198 Å². The number of carbonyl (C=O) groups is 1. The van der Waals surface area contributed by atoms with Gasteiger partial charge in [-0.2, -0.15) is 0 Å². The molecule has 6 nitrogen and oxygen atoms in total. The molecule has 3 N–H and O–H groups in total. The molecule has 1 aliphatic rings. The van der Waals surface area contributed by atoms with Crippen LogP contribution in [0.3, 0.4) is 0 Å². The Balaban J connectivity index is 1.35. The van der Waals surface area contributed by atoms with Crippen LogP contribution >= 0.6 is 12.2 Å². The minimum absolute atomic E-state index is 0.0446. The summed E-state index contributed by atoms with van der Waals surface area (Å²) >= 11 is 5.69. The van der Waals surface area contributed by atoms with E-state index in [2.05, 4.69) is 37.6 Å². The molecular formula is C26H25N5OS. The van der Waals surface area contributed by atoms with Crippen LogP contribution in [0.15, 0.2) is 79.0 Å². The van der Waals surface area contributed by atoms with E-state index in [0.717, 1.165) is 33.5 Å². The number of aromatic nitrogens is 2. The van der Waals surface area contributed by atoms with E-state index in [1.165, 1.54) is 0 Å². The van der Waals surface area contributed by atoms with Crippen molar-refractivity contribution in [1.29, 1.82) is 0 Å². The minimum atomic E-state index is -0.0992. The number of nitrogens with one attached hydrogen (secondary N) is 3. The first-order chi connectivity index (χ1) is 16.1. The van der Waals surface area contributed by atoms with Crippen molar-refractivity contribution >= 4 is 39.7 Å². The molecule has 2 aromatic carbocycles. The molecule has 0 radical (unpaired) electrons. The molecule has 3 heterocycles. The predicted octanol–water partition coefficient (Wildman–Crippen LogP) is 4.87. The molecule has 4 aromatic rings.